The molecule has 5 nitrogen and oxygen atoms in total. The first kappa shape index (κ1) is 12.5. The first-order valence-corrected chi connectivity index (χ1v) is 6.09. The summed E-state index contributed by atoms with van der Waals surface area (Å²) in [5.41, 5.74) is -1.78. The standard InChI is InChI=1S/C6H5F2IN2O3S/c7-5(8)3-1-2(9)4(6(12)11-3)15(10,13)14/h1,5H,(H,11,12)(H2,10,13,14). The van der Waals surface area contributed by atoms with E-state index in [9.17, 15) is 22.0 Å². The molecule has 15 heavy (non-hydrogen) atoms. The van der Waals surface area contributed by atoms with Gasteiger partial charge in [-0.05, 0) is 28.7 Å². The highest BCUT2D eigenvalue weighted by molar-refractivity contribution is 14.1. The molecule has 1 aromatic rings. The van der Waals surface area contributed by atoms with Crippen LogP contribution in [0.25, 0.3) is 0 Å². The van der Waals surface area contributed by atoms with Gasteiger partial charge in [-0.25, -0.2) is 22.3 Å². The van der Waals surface area contributed by atoms with Crippen molar-refractivity contribution in [3.63, 3.8) is 0 Å². The van der Waals surface area contributed by atoms with E-state index in [1.54, 1.807) is 4.98 Å². The minimum absolute atomic E-state index is 0.130. The van der Waals surface area contributed by atoms with E-state index in [1.165, 1.54) is 22.6 Å². The number of pyridine rings is 1. The summed E-state index contributed by atoms with van der Waals surface area (Å²) in [4.78, 5) is 12.2. The predicted molar refractivity (Wildman–Crippen MR) is 56.1 cm³/mol. The van der Waals surface area contributed by atoms with Crippen molar-refractivity contribution in [1.29, 1.82) is 0 Å². The maximum Gasteiger partial charge on any atom is 0.278 e. The van der Waals surface area contributed by atoms with Gasteiger partial charge in [-0.3, -0.25) is 4.79 Å². The van der Waals surface area contributed by atoms with Gasteiger partial charge in [0, 0.05) is 3.57 Å². The lowest BCUT2D eigenvalue weighted by Crippen LogP contribution is -2.25. The average molecular weight is 350 g/mol. The highest BCUT2D eigenvalue weighted by atomic mass is 127. The molecule has 0 atom stereocenters. The molecule has 1 aromatic heterocycles. The van der Waals surface area contributed by atoms with Crippen molar-refractivity contribution >= 4 is 32.6 Å². The fourth-order valence-electron chi connectivity index (χ4n) is 0.917. The number of halogens is 3. The lowest BCUT2D eigenvalue weighted by molar-refractivity contribution is 0.145. The van der Waals surface area contributed by atoms with Crippen molar-refractivity contribution in [3.05, 3.63) is 25.7 Å². The number of aromatic nitrogens is 1. The fourth-order valence-corrected chi connectivity index (χ4v) is 3.06. The number of nitrogens with two attached hydrogens (primary N) is 1. The summed E-state index contributed by atoms with van der Waals surface area (Å²) in [6.45, 7) is 0. The molecule has 0 aliphatic carbocycles. The normalized spacial score (nSPS) is 12.1. The molecular formula is C6H5F2IN2O3S. The molecule has 1 heterocycles. The second-order valence-corrected chi connectivity index (χ2v) is 5.24. The monoisotopic (exact) mass is 350 g/mol. The molecule has 0 aromatic carbocycles. The van der Waals surface area contributed by atoms with Crippen molar-refractivity contribution in [2.45, 2.75) is 11.3 Å². The first-order chi connectivity index (χ1) is 6.73. The van der Waals surface area contributed by atoms with Crippen molar-refractivity contribution in [1.82, 2.24) is 4.98 Å². The van der Waals surface area contributed by atoms with E-state index in [0.29, 0.717) is 0 Å². The van der Waals surface area contributed by atoms with Gasteiger partial charge in [-0.15, -0.1) is 0 Å². The Kier molecular flexibility index (Phi) is 3.45. The summed E-state index contributed by atoms with van der Waals surface area (Å²) in [5, 5.41) is 4.74. The Hall–Kier alpha value is -0.550. The number of alkyl halides is 2. The molecule has 3 N–H and O–H groups in total. The Morgan fingerprint density at radius 3 is 2.33 bits per heavy atom. The van der Waals surface area contributed by atoms with E-state index in [1.807, 2.05) is 0 Å². The van der Waals surface area contributed by atoms with Crippen LogP contribution in [0.4, 0.5) is 8.78 Å². The lowest BCUT2D eigenvalue weighted by atomic mass is 10.4. The molecule has 0 radical (unpaired) electrons. The molecule has 0 fully saturated rings. The van der Waals surface area contributed by atoms with Gasteiger partial charge in [0.05, 0.1) is 5.69 Å². The third-order valence-electron chi connectivity index (χ3n) is 1.48. The summed E-state index contributed by atoms with van der Waals surface area (Å²) < 4.78 is 46.1. The second kappa shape index (κ2) is 4.14. The van der Waals surface area contributed by atoms with E-state index >= 15 is 0 Å². The summed E-state index contributed by atoms with van der Waals surface area (Å²) in [6, 6.07) is 0.867. The zero-order valence-electron chi connectivity index (χ0n) is 7.00. The van der Waals surface area contributed by atoms with Gasteiger partial charge in [0.25, 0.3) is 12.0 Å². The molecule has 0 spiro atoms. The zero-order valence-corrected chi connectivity index (χ0v) is 9.97. The fraction of sp³-hybridized carbons (Fsp3) is 0.167. The smallest absolute Gasteiger partial charge is 0.278 e. The van der Waals surface area contributed by atoms with Gasteiger partial charge in [-0.1, -0.05) is 0 Å². The number of H-pyrrole nitrogens is 1. The number of hydrogen-bond acceptors (Lipinski definition) is 3. The van der Waals surface area contributed by atoms with Crippen LogP contribution in [-0.2, 0) is 10.0 Å². The van der Waals surface area contributed by atoms with E-state index < -0.39 is 32.6 Å². The van der Waals surface area contributed by atoms with Crippen LogP contribution in [0, 0.1) is 3.57 Å². The second-order valence-electron chi connectivity index (χ2n) is 2.58. The van der Waals surface area contributed by atoms with Crippen molar-refractivity contribution in [2.24, 2.45) is 5.14 Å². The molecule has 0 saturated heterocycles. The van der Waals surface area contributed by atoms with Crippen LogP contribution in [0.2, 0.25) is 0 Å². The molecule has 0 unspecified atom stereocenters. The maximum absolute atomic E-state index is 12.2. The molecular weight excluding hydrogens is 345 g/mol. The number of rotatable bonds is 2. The Bertz CT molecular complexity index is 540. The Balaban J connectivity index is 3.56. The molecule has 0 aliphatic rings. The van der Waals surface area contributed by atoms with E-state index in [4.69, 9.17) is 5.14 Å². The summed E-state index contributed by atoms with van der Waals surface area (Å²) >= 11 is 1.46. The summed E-state index contributed by atoms with van der Waals surface area (Å²) in [6.07, 6.45) is -2.87. The SMILES string of the molecule is NS(=O)(=O)c1c(I)cc(C(F)F)[nH]c1=O. The number of aromatic amines is 1. The average Bonchev–Trinajstić information content (AvgIpc) is 1.99. The summed E-state index contributed by atoms with van der Waals surface area (Å²) in [5.74, 6) is 0. The van der Waals surface area contributed by atoms with Gasteiger partial charge in [0.2, 0.25) is 10.0 Å². The van der Waals surface area contributed by atoms with Crippen LogP contribution in [0.3, 0.4) is 0 Å². The first-order valence-electron chi connectivity index (χ1n) is 3.47. The number of primary sulfonamides is 1. The highest BCUT2D eigenvalue weighted by Crippen LogP contribution is 2.19. The third-order valence-corrected chi connectivity index (χ3v) is 3.67. The number of hydrogen-bond donors (Lipinski definition) is 2. The topological polar surface area (TPSA) is 93.0 Å². The maximum atomic E-state index is 12.2. The van der Waals surface area contributed by atoms with Crippen LogP contribution in [0.15, 0.2) is 15.8 Å². The van der Waals surface area contributed by atoms with Crippen LogP contribution in [-0.4, -0.2) is 13.4 Å². The molecule has 84 valence electrons. The summed E-state index contributed by atoms with van der Waals surface area (Å²) in [7, 11) is -4.20. The Morgan fingerprint density at radius 1 is 1.47 bits per heavy atom. The van der Waals surface area contributed by atoms with Crippen molar-refractivity contribution < 1.29 is 17.2 Å². The molecule has 9 heteroatoms. The quantitative estimate of drug-likeness (QED) is 0.764. The number of nitrogens with one attached hydrogen (secondary N) is 1. The van der Waals surface area contributed by atoms with Crippen LogP contribution in [0.5, 0.6) is 0 Å². The van der Waals surface area contributed by atoms with Gasteiger partial charge in [-0.2, -0.15) is 0 Å². The van der Waals surface area contributed by atoms with Gasteiger partial charge in [0.1, 0.15) is 0 Å². The van der Waals surface area contributed by atoms with Gasteiger partial charge < -0.3 is 4.98 Å². The molecule has 0 aliphatic heterocycles. The van der Waals surface area contributed by atoms with Crippen LogP contribution in [0.1, 0.15) is 12.1 Å². The largest absolute Gasteiger partial charge is 0.320 e. The van der Waals surface area contributed by atoms with Crippen LogP contribution < -0.4 is 10.7 Å². The molecule has 0 bridgehead atoms. The van der Waals surface area contributed by atoms with Crippen molar-refractivity contribution in [2.75, 3.05) is 0 Å². The van der Waals surface area contributed by atoms with Crippen LogP contribution >= 0.6 is 22.6 Å². The molecule has 0 saturated carbocycles. The van der Waals surface area contributed by atoms with E-state index in [0.717, 1.165) is 6.07 Å². The lowest BCUT2D eigenvalue weighted by Gasteiger charge is -2.04. The number of sulfonamides is 1. The van der Waals surface area contributed by atoms with E-state index in [-0.39, 0.29) is 3.57 Å². The van der Waals surface area contributed by atoms with E-state index in [2.05, 4.69) is 0 Å². The van der Waals surface area contributed by atoms with Crippen molar-refractivity contribution in [3.8, 4) is 0 Å². The Morgan fingerprint density at radius 2 is 2.00 bits per heavy atom. The third kappa shape index (κ3) is 2.72. The van der Waals surface area contributed by atoms with Gasteiger partial charge in [0.15, 0.2) is 4.90 Å². The molecule has 1 rings (SSSR count). The minimum atomic E-state index is -4.20. The predicted octanol–water partition coefficient (Wildman–Crippen LogP) is 0.565. The zero-order chi connectivity index (χ0) is 11.8. The van der Waals surface area contributed by atoms with Gasteiger partial charge >= 0.3 is 0 Å². The highest BCUT2D eigenvalue weighted by Gasteiger charge is 2.20. The Labute approximate surface area is 96.9 Å². The molecule has 0 amide bonds. The minimum Gasteiger partial charge on any atom is -0.320 e.